The molecule has 2 nitrogen and oxygen atoms in total. The molecule has 0 spiro atoms. The molecule has 2 unspecified atom stereocenters. The molecule has 2 N–H and O–H groups in total. The minimum atomic E-state index is -0.396. The second-order valence-electron chi connectivity index (χ2n) is 5.66. The van der Waals surface area contributed by atoms with Crippen molar-refractivity contribution in [1.82, 2.24) is 4.90 Å². The van der Waals surface area contributed by atoms with E-state index in [1.54, 1.807) is 0 Å². The SMILES string of the molecule is C=CCN(CC=C)C(C)C(N)(c1ccccc1)C(C)C. The topological polar surface area (TPSA) is 29.3 Å². The molecule has 0 amide bonds. The van der Waals surface area contributed by atoms with Crippen LogP contribution in [0.1, 0.15) is 26.3 Å². The number of rotatable bonds is 8. The third-order valence-corrected chi connectivity index (χ3v) is 4.20. The predicted molar refractivity (Wildman–Crippen MR) is 88.6 cm³/mol. The molecule has 0 fully saturated rings. The minimum absolute atomic E-state index is 0.195. The van der Waals surface area contributed by atoms with Crippen molar-refractivity contribution in [2.75, 3.05) is 13.1 Å². The fourth-order valence-corrected chi connectivity index (χ4v) is 2.81. The van der Waals surface area contributed by atoms with Crippen molar-refractivity contribution >= 4 is 0 Å². The summed E-state index contributed by atoms with van der Waals surface area (Å²) in [7, 11) is 0. The van der Waals surface area contributed by atoms with Gasteiger partial charge in [-0.05, 0) is 18.4 Å². The average molecular weight is 272 g/mol. The molecule has 1 aromatic rings. The largest absolute Gasteiger partial charge is 0.320 e. The van der Waals surface area contributed by atoms with Gasteiger partial charge < -0.3 is 5.73 Å². The molecule has 1 aromatic carbocycles. The standard InChI is InChI=1S/C18H28N2/c1-6-13-20(14-7-2)16(5)18(19,15(3)4)17-11-9-8-10-12-17/h6-12,15-16H,1-2,13-14,19H2,3-5H3. The summed E-state index contributed by atoms with van der Waals surface area (Å²) in [4.78, 5) is 2.31. The van der Waals surface area contributed by atoms with Crippen LogP contribution < -0.4 is 5.73 Å². The van der Waals surface area contributed by atoms with Gasteiger partial charge in [0.05, 0.1) is 5.54 Å². The van der Waals surface area contributed by atoms with Gasteiger partial charge in [-0.2, -0.15) is 0 Å². The summed E-state index contributed by atoms with van der Waals surface area (Å²) in [5.41, 5.74) is 7.64. The molecule has 1 rings (SSSR count). The van der Waals surface area contributed by atoms with Crippen molar-refractivity contribution in [3.63, 3.8) is 0 Å². The molecule has 0 saturated heterocycles. The predicted octanol–water partition coefficient (Wildman–Crippen LogP) is 3.56. The molecule has 0 aliphatic heterocycles. The molecule has 0 bridgehead atoms. The van der Waals surface area contributed by atoms with Gasteiger partial charge in [-0.25, -0.2) is 0 Å². The van der Waals surface area contributed by atoms with Crippen molar-refractivity contribution in [1.29, 1.82) is 0 Å². The third kappa shape index (κ3) is 3.38. The Bertz CT molecular complexity index is 414. The first-order chi connectivity index (χ1) is 9.48. The summed E-state index contributed by atoms with van der Waals surface area (Å²) in [6.07, 6.45) is 3.84. The maximum absolute atomic E-state index is 6.86. The lowest BCUT2D eigenvalue weighted by Crippen LogP contribution is -2.57. The van der Waals surface area contributed by atoms with Gasteiger partial charge in [0.25, 0.3) is 0 Å². The molecule has 0 radical (unpaired) electrons. The van der Waals surface area contributed by atoms with Crippen LogP contribution in [0, 0.1) is 5.92 Å². The maximum atomic E-state index is 6.86. The van der Waals surface area contributed by atoms with E-state index in [9.17, 15) is 0 Å². The smallest absolute Gasteiger partial charge is 0.0588 e. The van der Waals surface area contributed by atoms with Crippen LogP contribution in [0.15, 0.2) is 55.6 Å². The fraction of sp³-hybridized carbons (Fsp3) is 0.444. The summed E-state index contributed by atoms with van der Waals surface area (Å²) in [5.74, 6) is 0.331. The van der Waals surface area contributed by atoms with E-state index in [-0.39, 0.29) is 6.04 Å². The molecule has 0 aliphatic rings. The van der Waals surface area contributed by atoms with Gasteiger partial charge in [-0.15, -0.1) is 13.2 Å². The van der Waals surface area contributed by atoms with Crippen molar-refractivity contribution < 1.29 is 0 Å². The Labute approximate surface area is 124 Å². The van der Waals surface area contributed by atoms with E-state index in [1.165, 1.54) is 5.56 Å². The highest BCUT2D eigenvalue weighted by Crippen LogP contribution is 2.33. The third-order valence-electron chi connectivity index (χ3n) is 4.20. The number of hydrogen-bond donors (Lipinski definition) is 1. The lowest BCUT2D eigenvalue weighted by molar-refractivity contribution is 0.121. The molecule has 0 aliphatic carbocycles. The van der Waals surface area contributed by atoms with Gasteiger partial charge >= 0.3 is 0 Å². The molecule has 2 heteroatoms. The Morgan fingerprint density at radius 3 is 2.00 bits per heavy atom. The van der Waals surface area contributed by atoms with E-state index >= 15 is 0 Å². The van der Waals surface area contributed by atoms with Crippen molar-refractivity contribution in [2.24, 2.45) is 11.7 Å². The van der Waals surface area contributed by atoms with Gasteiger partial charge in [-0.3, -0.25) is 4.90 Å². The Morgan fingerprint density at radius 2 is 1.60 bits per heavy atom. The van der Waals surface area contributed by atoms with E-state index in [1.807, 2.05) is 18.2 Å². The quantitative estimate of drug-likeness (QED) is 0.733. The summed E-state index contributed by atoms with van der Waals surface area (Å²) in [6.45, 7) is 15.9. The highest BCUT2D eigenvalue weighted by molar-refractivity contribution is 5.27. The monoisotopic (exact) mass is 272 g/mol. The van der Waals surface area contributed by atoms with Crippen LogP contribution in [0.2, 0.25) is 0 Å². The van der Waals surface area contributed by atoms with E-state index < -0.39 is 5.54 Å². The fourth-order valence-electron chi connectivity index (χ4n) is 2.81. The van der Waals surface area contributed by atoms with E-state index in [0.717, 1.165) is 13.1 Å². The zero-order chi connectivity index (χ0) is 15.2. The summed E-state index contributed by atoms with van der Waals surface area (Å²) >= 11 is 0. The van der Waals surface area contributed by atoms with Gasteiger partial charge in [0.15, 0.2) is 0 Å². The molecule has 20 heavy (non-hydrogen) atoms. The highest BCUT2D eigenvalue weighted by atomic mass is 15.2. The van der Waals surface area contributed by atoms with E-state index in [2.05, 4.69) is 63.1 Å². The van der Waals surface area contributed by atoms with E-state index in [4.69, 9.17) is 5.73 Å². The zero-order valence-electron chi connectivity index (χ0n) is 13.0. The first-order valence-corrected chi connectivity index (χ1v) is 7.28. The second kappa shape index (κ2) is 7.41. The van der Waals surface area contributed by atoms with Gasteiger partial charge in [0, 0.05) is 19.1 Å². The van der Waals surface area contributed by atoms with Crippen LogP contribution in [0.3, 0.4) is 0 Å². The molecule has 0 aromatic heterocycles. The Kier molecular flexibility index (Phi) is 6.18. The normalized spacial score (nSPS) is 15.9. The van der Waals surface area contributed by atoms with E-state index in [0.29, 0.717) is 5.92 Å². The molecular formula is C18H28N2. The van der Waals surface area contributed by atoms with Crippen molar-refractivity contribution in [2.45, 2.75) is 32.4 Å². The van der Waals surface area contributed by atoms with Crippen molar-refractivity contribution in [3.05, 3.63) is 61.2 Å². The van der Waals surface area contributed by atoms with Crippen LogP contribution >= 0.6 is 0 Å². The van der Waals surface area contributed by atoms with Crippen molar-refractivity contribution in [3.8, 4) is 0 Å². The van der Waals surface area contributed by atoms with Crippen LogP contribution in [-0.2, 0) is 5.54 Å². The Morgan fingerprint density at radius 1 is 1.10 bits per heavy atom. The molecule has 2 atom stereocenters. The summed E-state index contributed by atoms with van der Waals surface area (Å²) in [5, 5.41) is 0. The average Bonchev–Trinajstić information content (AvgIpc) is 2.46. The second-order valence-corrected chi connectivity index (χ2v) is 5.66. The Hall–Kier alpha value is -1.38. The lowest BCUT2D eigenvalue weighted by Gasteiger charge is -2.45. The molecule has 0 saturated carbocycles. The van der Waals surface area contributed by atoms with Crippen LogP contribution in [0.5, 0.6) is 0 Å². The zero-order valence-corrected chi connectivity index (χ0v) is 13.0. The number of nitrogens with zero attached hydrogens (tertiary/aromatic N) is 1. The molecular weight excluding hydrogens is 244 g/mol. The number of hydrogen-bond acceptors (Lipinski definition) is 2. The molecule has 0 heterocycles. The Balaban J connectivity index is 3.17. The molecule has 110 valence electrons. The summed E-state index contributed by atoms with van der Waals surface area (Å²) in [6, 6.07) is 10.6. The first-order valence-electron chi connectivity index (χ1n) is 7.28. The minimum Gasteiger partial charge on any atom is -0.320 e. The lowest BCUT2D eigenvalue weighted by atomic mass is 9.75. The highest BCUT2D eigenvalue weighted by Gasteiger charge is 2.39. The van der Waals surface area contributed by atoms with Crippen LogP contribution in [-0.4, -0.2) is 24.0 Å². The van der Waals surface area contributed by atoms with Gasteiger partial charge in [0.2, 0.25) is 0 Å². The summed E-state index contributed by atoms with van der Waals surface area (Å²) < 4.78 is 0. The van der Waals surface area contributed by atoms with Crippen LogP contribution in [0.4, 0.5) is 0 Å². The number of nitrogens with two attached hydrogens (primary N) is 1. The first kappa shape index (κ1) is 16.7. The maximum Gasteiger partial charge on any atom is 0.0588 e. The number of benzene rings is 1. The van der Waals surface area contributed by atoms with Crippen LogP contribution in [0.25, 0.3) is 0 Å². The van der Waals surface area contributed by atoms with Gasteiger partial charge in [0.1, 0.15) is 0 Å². The van der Waals surface area contributed by atoms with Gasteiger partial charge in [-0.1, -0.05) is 56.3 Å².